The lowest BCUT2D eigenvalue weighted by Gasteiger charge is -2.38. The molecule has 0 bridgehead atoms. The van der Waals surface area contributed by atoms with Gasteiger partial charge in [-0.25, -0.2) is 32.2 Å². The largest absolute Gasteiger partial charge is 0.371 e. The molecule has 57 heavy (non-hydrogen) atoms. The highest BCUT2D eigenvalue weighted by Crippen LogP contribution is 2.38. The van der Waals surface area contributed by atoms with E-state index in [1.54, 1.807) is 49.6 Å². The van der Waals surface area contributed by atoms with Crippen molar-refractivity contribution in [3.8, 4) is 16.8 Å². The topological polar surface area (TPSA) is 180 Å². The minimum atomic E-state index is -3.87. The third-order valence-electron chi connectivity index (χ3n) is 10.7. The minimum Gasteiger partial charge on any atom is -0.371 e. The van der Waals surface area contributed by atoms with E-state index in [0.29, 0.717) is 66.0 Å². The first-order valence-corrected chi connectivity index (χ1v) is 20.1. The van der Waals surface area contributed by atoms with Gasteiger partial charge >= 0.3 is 0 Å². The number of benzene rings is 2. The first kappa shape index (κ1) is 37.6. The van der Waals surface area contributed by atoms with Gasteiger partial charge in [0, 0.05) is 62.3 Å². The number of anilines is 3. The number of nitrogens with one attached hydrogen (secondary N) is 2. The summed E-state index contributed by atoms with van der Waals surface area (Å²) in [4.78, 5) is 69.8. The van der Waals surface area contributed by atoms with E-state index in [9.17, 15) is 27.6 Å². The molecule has 5 aromatic rings. The van der Waals surface area contributed by atoms with Crippen molar-refractivity contribution in [1.82, 2.24) is 29.7 Å². The highest BCUT2D eigenvalue weighted by Gasteiger charge is 2.46. The van der Waals surface area contributed by atoms with Crippen LogP contribution in [0.1, 0.15) is 59.7 Å². The molecule has 2 saturated heterocycles. The number of pyridine rings is 1. The fourth-order valence-corrected chi connectivity index (χ4v) is 9.03. The molecular weight excluding hydrogens is 761 g/mol. The molecule has 8 rings (SSSR count). The molecule has 2 aromatic carbocycles. The number of carbonyl (C=O) groups is 4. The summed E-state index contributed by atoms with van der Waals surface area (Å²) in [7, 11) is -1.97. The fraction of sp³-hybridized carbons (Fsp3) is 0.308. The van der Waals surface area contributed by atoms with E-state index in [2.05, 4.69) is 20.0 Å². The number of imide groups is 2. The standard InChI is InChI=1S/C39H37F2N9O6S/c1-3-17-57(55,56)46-27-8-7-26(40)36(34(27)41)49-20-25(22-18-42-21-43-19-22)35-29(49)9-11-31(44-35)47(2)23-13-15-48(16-14-23)28-6-4-5-24-33(28)39(54)50(38(24)53)30-10-12-32(51)45-37(30)52/h4-9,11,18-21,23,30,46H,3,10,12-17H2,1-2H3,(H,45,51,52). The monoisotopic (exact) mass is 797 g/mol. The number of fused-ring (bicyclic) bond motifs is 2. The zero-order chi connectivity index (χ0) is 40.2. The van der Waals surface area contributed by atoms with Gasteiger partial charge in [-0.15, -0.1) is 0 Å². The molecule has 15 nitrogen and oxygen atoms in total. The number of amides is 4. The zero-order valence-corrected chi connectivity index (χ0v) is 31.7. The summed E-state index contributed by atoms with van der Waals surface area (Å²) in [5, 5.41) is 2.23. The first-order chi connectivity index (χ1) is 27.4. The van der Waals surface area contributed by atoms with E-state index in [-0.39, 0.29) is 41.5 Å². The van der Waals surface area contributed by atoms with E-state index < -0.39 is 57.0 Å². The van der Waals surface area contributed by atoms with Crippen molar-refractivity contribution in [2.75, 3.05) is 40.4 Å². The Labute approximate surface area is 325 Å². The zero-order valence-electron chi connectivity index (χ0n) is 30.9. The summed E-state index contributed by atoms with van der Waals surface area (Å²) in [6, 6.07) is 9.52. The summed E-state index contributed by atoms with van der Waals surface area (Å²) in [6.07, 6.45) is 7.71. The van der Waals surface area contributed by atoms with Gasteiger partial charge in [0.25, 0.3) is 11.8 Å². The van der Waals surface area contributed by atoms with Crippen molar-refractivity contribution in [3.05, 3.63) is 90.1 Å². The average molecular weight is 798 g/mol. The molecule has 1 atom stereocenters. The van der Waals surface area contributed by atoms with Gasteiger partial charge in [-0.2, -0.15) is 0 Å². The molecule has 2 N–H and O–H groups in total. The molecule has 2 fully saturated rings. The number of piperidine rings is 2. The molecule has 3 aliphatic rings. The van der Waals surface area contributed by atoms with E-state index in [0.717, 1.165) is 17.0 Å². The van der Waals surface area contributed by atoms with Crippen LogP contribution >= 0.6 is 0 Å². The number of sulfonamides is 1. The van der Waals surface area contributed by atoms with Crippen LogP contribution in [0.25, 0.3) is 27.8 Å². The van der Waals surface area contributed by atoms with Crippen LogP contribution < -0.4 is 19.8 Å². The Balaban J connectivity index is 1.07. The molecule has 18 heteroatoms. The van der Waals surface area contributed by atoms with Crippen molar-refractivity contribution in [2.24, 2.45) is 0 Å². The van der Waals surface area contributed by atoms with Crippen LogP contribution in [0.3, 0.4) is 0 Å². The number of carbonyl (C=O) groups excluding carboxylic acids is 4. The quantitative estimate of drug-likeness (QED) is 0.191. The summed E-state index contributed by atoms with van der Waals surface area (Å²) < 4.78 is 60.1. The van der Waals surface area contributed by atoms with Crippen LogP contribution in [0, 0.1) is 11.6 Å². The predicted octanol–water partition coefficient (Wildman–Crippen LogP) is 4.42. The number of hydrogen-bond donors (Lipinski definition) is 2. The van der Waals surface area contributed by atoms with Gasteiger partial charge in [-0.05, 0) is 62.1 Å². The summed E-state index contributed by atoms with van der Waals surface area (Å²) in [6.45, 7) is 2.75. The average Bonchev–Trinajstić information content (AvgIpc) is 3.69. The maximum absolute atomic E-state index is 16.1. The molecule has 3 aromatic heterocycles. The SMILES string of the molecule is CCCS(=O)(=O)Nc1ccc(F)c(-n2cc(-c3cncnc3)c3nc(N(C)C4CCN(c5cccc6c5C(=O)N(C5CCC(=O)NC5=O)C6=O)CC4)ccc32)c1F. The highest BCUT2D eigenvalue weighted by atomic mass is 32.2. The Morgan fingerprint density at radius 3 is 2.42 bits per heavy atom. The number of rotatable bonds is 10. The molecule has 0 aliphatic carbocycles. The van der Waals surface area contributed by atoms with Crippen molar-refractivity contribution >= 4 is 61.9 Å². The second-order valence-corrected chi connectivity index (χ2v) is 16.1. The van der Waals surface area contributed by atoms with Crippen LogP contribution in [0.15, 0.2) is 67.4 Å². The molecular formula is C39H37F2N9O6S. The summed E-state index contributed by atoms with van der Waals surface area (Å²) in [5.74, 6) is -3.88. The van der Waals surface area contributed by atoms with Crippen molar-refractivity contribution in [3.63, 3.8) is 0 Å². The maximum atomic E-state index is 16.1. The van der Waals surface area contributed by atoms with Crippen molar-refractivity contribution in [1.29, 1.82) is 0 Å². The van der Waals surface area contributed by atoms with Crippen LogP contribution in [-0.4, -0.2) is 94.4 Å². The maximum Gasteiger partial charge on any atom is 0.264 e. The van der Waals surface area contributed by atoms with Gasteiger partial charge in [-0.3, -0.25) is 34.1 Å². The van der Waals surface area contributed by atoms with Gasteiger partial charge in [0.1, 0.15) is 29.7 Å². The Morgan fingerprint density at radius 1 is 0.947 bits per heavy atom. The Bertz CT molecular complexity index is 2580. The minimum absolute atomic E-state index is 0.00595. The molecule has 0 radical (unpaired) electrons. The van der Waals surface area contributed by atoms with Crippen LogP contribution in [0.2, 0.25) is 0 Å². The van der Waals surface area contributed by atoms with Crippen LogP contribution in [0.5, 0.6) is 0 Å². The normalized spacial score (nSPS) is 17.6. The van der Waals surface area contributed by atoms with Crippen LogP contribution in [-0.2, 0) is 19.6 Å². The molecule has 0 saturated carbocycles. The molecule has 294 valence electrons. The van der Waals surface area contributed by atoms with Crippen molar-refractivity contribution in [2.45, 2.75) is 51.1 Å². The lowest BCUT2D eigenvalue weighted by molar-refractivity contribution is -0.136. The molecule has 4 amide bonds. The molecule has 1 unspecified atom stereocenters. The van der Waals surface area contributed by atoms with Gasteiger partial charge < -0.3 is 14.4 Å². The Kier molecular flexibility index (Phi) is 9.67. The predicted molar refractivity (Wildman–Crippen MR) is 206 cm³/mol. The third-order valence-corrected chi connectivity index (χ3v) is 12.2. The van der Waals surface area contributed by atoms with Gasteiger partial charge in [0.15, 0.2) is 5.82 Å². The van der Waals surface area contributed by atoms with Gasteiger partial charge in [0.2, 0.25) is 21.8 Å². The van der Waals surface area contributed by atoms with E-state index in [1.165, 1.54) is 17.1 Å². The number of nitrogens with zero attached hydrogens (tertiary/aromatic N) is 7. The fourth-order valence-electron chi connectivity index (χ4n) is 7.89. The highest BCUT2D eigenvalue weighted by molar-refractivity contribution is 7.92. The summed E-state index contributed by atoms with van der Waals surface area (Å²) in [5.41, 5.74) is 1.99. The molecule has 3 aliphatic heterocycles. The van der Waals surface area contributed by atoms with Crippen molar-refractivity contribution < 1.29 is 36.4 Å². The Morgan fingerprint density at radius 2 is 1.70 bits per heavy atom. The third kappa shape index (κ3) is 6.72. The van der Waals surface area contributed by atoms with E-state index >= 15 is 8.78 Å². The number of hydrogen-bond acceptors (Lipinski definition) is 11. The second kappa shape index (κ2) is 14.6. The second-order valence-electron chi connectivity index (χ2n) is 14.2. The number of halogens is 2. The summed E-state index contributed by atoms with van der Waals surface area (Å²) >= 11 is 0. The lowest BCUT2D eigenvalue weighted by atomic mass is 10.00. The van der Waals surface area contributed by atoms with Crippen LogP contribution in [0.4, 0.5) is 26.0 Å². The Hall–Kier alpha value is -6.30. The molecule has 6 heterocycles. The lowest BCUT2D eigenvalue weighted by Crippen LogP contribution is -2.54. The van der Waals surface area contributed by atoms with Gasteiger partial charge in [-0.1, -0.05) is 13.0 Å². The van der Waals surface area contributed by atoms with E-state index in [1.807, 2.05) is 16.8 Å². The van der Waals surface area contributed by atoms with Gasteiger partial charge in [0.05, 0.1) is 39.3 Å². The molecule has 0 spiro atoms. The van der Waals surface area contributed by atoms with E-state index in [4.69, 9.17) is 4.98 Å². The first-order valence-electron chi connectivity index (χ1n) is 18.5. The smallest absolute Gasteiger partial charge is 0.264 e. The number of aromatic nitrogens is 4.